The highest BCUT2D eigenvalue weighted by molar-refractivity contribution is 5.90. The molecule has 0 amide bonds. The predicted molar refractivity (Wildman–Crippen MR) is 88.2 cm³/mol. The standard InChI is InChI=1S/C19H16O3/c1-3-7-15-16(20)11-10-14-12(2)17(19(21)22-18(14)15)13-8-5-4-6-9-13/h3-6,8-11,20H,1,7H2,2H3. The van der Waals surface area contributed by atoms with Crippen molar-refractivity contribution < 1.29 is 9.52 Å². The van der Waals surface area contributed by atoms with Gasteiger partial charge in [0.05, 0.1) is 5.56 Å². The molecule has 0 unspecified atom stereocenters. The maximum Gasteiger partial charge on any atom is 0.344 e. The van der Waals surface area contributed by atoms with Gasteiger partial charge in [-0.1, -0.05) is 36.4 Å². The molecule has 2 aromatic carbocycles. The van der Waals surface area contributed by atoms with E-state index < -0.39 is 5.63 Å². The lowest BCUT2D eigenvalue weighted by molar-refractivity contribution is 0.467. The second-order valence-electron chi connectivity index (χ2n) is 5.19. The van der Waals surface area contributed by atoms with Crippen molar-refractivity contribution in [2.24, 2.45) is 0 Å². The Morgan fingerprint density at radius 2 is 1.91 bits per heavy atom. The Hall–Kier alpha value is -2.81. The van der Waals surface area contributed by atoms with E-state index >= 15 is 0 Å². The molecule has 3 aromatic rings. The summed E-state index contributed by atoms with van der Waals surface area (Å²) in [6, 6.07) is 12.9. The average Bonchev–Trinajstić information content (AvgIpc) is 2.51. The SMILES string of the molecule is C=CCc1c(O)ccc2c(C)c(-c3ccccc3)c(=O)oc12. The van der Waals surface area contributed by atoms with E-state index in [9.17, 15) is 9.90 Å². The van der Waals surface area contributed by atoms with Gasteiger partial charge in [-0.3, -0.25) is 0 Å². The summed E-state index contributed by atoms with van der Waals surface area (Å²) in [5.74, 6) is 0.113. The molecule has 0 atom stereocenters. The van der Waals surface area contributed by atoms with Crippen molar-refractivity contribution in [2.75, 3.05) is 0 Å². The summed E-state index contributed by atoms with van der Waals surface area (Å²) < 4.78 is 5.53. The molecule has 0 radical (unpaired) electrons. The van der Waals surface area contributed by atoms with Crippen molar-refractivity contribution in [2.45, 2.75) is 13.3 Å². The molecule has 0 aliphatic heterocycles. The van der Waals surface area contributed by atoms with Crippen LogP contribution in [0.2, 0.25) is 0 Å². The van der Waals surface area contributed by atoms with Crippen LogP contribution in [-0.2, 0) is 6.42 Å². The summed E-state index contributed by atoms with van der Waals surface area (Å²) in [6.45, 7) is 5.58. The molecule has 22 heavy (non-hydrogen) atoms. The van der Waals surface area contributed by atoms with E-state index in [-0.39, 0.29) is 5.75 Å². The Kier molecular flexibility index (Phi) is 3.55. The van der Waals surface area contributed by atoms with Crippen molar-refractivity contribution in [3.63, 3.8) is 0 Å². The van der Waals surface area contributed by atoms with Crippen molar-refractivity contribution in [3.05, 3.63) is 76.7 Å². The molecular weight excluding hydrogens is 276 g/mol. The van der Waals surface area contributed by atoms with E-state index in [0.29, 0.717) is 23.1 Å². The Morgan fingerprint density at radius 3 is 2.59 bits per heavy atom. The minimum Gasteiger partial charge on any atom is -0.508 e. The summed E-state index contributed by atoms with van der Waals surface area (Å²) in [7, 11) is 0. The van der Waals surface area contributed by atoms with E-state index in [4.69, 9.17) is 4.42 Å². The third kappa shape index (κ3) is 2.21. The Labute approximate surface area is 128 Å². The molecule has 110 valence electrons. The Morgan fingerprint density at radius 1 is 1.18 bits per heavy atom. The fourth-order valence-electron chi connectivity index (χ4n) is 2.74. The first-order chi connectivity index (χ1) is 10.6. The minimum absolute atomic E-state index is 0.113. The predicted octanol–water partition coefficient (Wildman–Crippen LogP) is 4.20. The number of allylic oxidation sites excluding steroid dienone is 1. The second-order valence-corrected chi connectivity index (χ2v) is 5.19. The molecule has 0 saturated carbocycles. The number of benzene rings is 2. The monoisotopic (exact) mass is 292 g/mol. The van der Waals surface area contributed by atoms with Gasteiger partial charge < -0.3 is 9.52 Å². The molecule has 1 N–H and O–H groups in total. The number of hydrogen-bond donors (Lipinski definition) is 1. The third-order valence-corrected chi connectivity index (χ3v) is 3.82. The largest absolute Gasteiger partial charge is 0.508 e. The van der Waals surface area contributed by atoms with E-state index in [1.807, 2.05) is 37.3 Å². The normalized spacial score (nSPS) is 10.8. The molecule has 0 spiro atoms. The highest BCUT2D eigenvalue weighted by Gasteiger charge is 2.16. The van der Waals surface area contributed by atoms with E-state index in [2.05, 4.69) is 6.58 Å². The van der Waals surface area contributed by atoms with Gasteiger partial charge in [-0.2, -0.15) is 0 Å². The third-order valence-electron chi connectivity index (χ3n) is 3.82. The molecule has 0 aliphatic rings. The molecule has 3 rings (SSSR count). The Balaban J connectivity index is 2.38. The molecule has 0 fully saturated rings. The van der Waals surface area contributed by atoms with Crippen LogP contribution < -0.4 is 5.63 Å². The van der Waals surface area contributed by atoms with Crippen LogP contribution >= 0.6 is 0 Å². The van der Waals surface area contributed by atoms with Crippen LogP contribution in [0.3, 0.4) is 0 Å². The van der Waals surface area contributed by atoms with Gasteiger partial charge in [0.1, 0.15) is 11.3 Å². The van der Waals surface area contributed by atoms with Crippen LogP contribution in [-0.4, -0.2) is 5.11 Å². The smallest absolute Gasteiger partial charge is 0.344 e. The highest BCUT2D eigenvalue weighted by Crippen LogP contribution is 2.32. The molecule has 3 nitrogen and oxygen atoms in total. The van der Waals surface area contributed by atoms with Crippen LogP contribution in [0.25, 0.3) is 22.1 Å². The van der Waals surface area contributed by atoms with Gasteiger partial charge in [-0.25, -0.2) is 4.79 Å². The molecule has 1 aromatic heterocycles. The minimum atomic E-state index is -0.396. The van der Waals surface area contributed by atoms with Crippen LogP contribution in [0.1, 0.15) is 11.1 Å². The zero-order valence-electron chi connectivity index (χ0n) is 12.3. The van der Waals surface area contributed by atoms with Gasteiger partial charge in [0.2, 0.25) is 0 Å². The van der Waals surface area contributed by atoms with Crippen molar-refractivity contribution in [1.29, 1.82) is 0 Å². The lowest BCUT2D eigenvalue weighted by Crippen LogP contribution is -2.07. The number of rotatable bonds is 3. The maximum atomic E-state index is 12.4. The van der Waals surface area contributed by atoms with Crippen LogP contribution in [0.15, 0.2) is 64.3 Å². The summed E-state index contributed by atoms with van der Waals surface area (Å²) >= 11 is 0. The van der Waals surface area contributed by atoms with Crippen LogP contribution in [0.5, 0.6) is 5.75 Å². The first-order valence-electron chi connectivity index (χ1n) is 7.08. The van der Waals surface area contributed by atoms with Crippen LogP contribution in [0.4, 0.5) is 0 Å². The average molecular weight is 292 g/mol. The Bertz CT molecular complexity index is 905. The number of hydrogen-bond acceptors (Lipinski definition) is 3. The maximum absolute atomic E-state index is 12.4. The van der Waals surface area contributed by atoms with Crippen molar-refractivity contribution in [1.82, 2.24) is 0 Å². The van der Waals surface area contributed by atoms with Gasteiger partial charge in [0.15, 0.2) is 0 Å². The molecular formula is C19H16O3. The van der Waals surface area contributed by atoms with Gasteiger partial charge in [0.25, 0.3) is 0 Å². The zero-order chi connectivity index (χ0) is 15.7. The number of phenolic OH excluding ortho intramolecular Hbond substituents is 1. The summed E-state index contributed by atoms with van der Waals surface area (Å²) in [5, 5.41) is 10.8. The zero-order valence-corrected chi connectivity index (χ0v) is 12.3. The number of phenols is 1. The lowest BCUT2D eigenvalue weighted by atomic mass is 9.97. The number of aromatic hydroxyl groups is 1. The summed E-state index contributed by atoms with van der Waals surface area (Å²) in [5.41, 5.74) is 2.86. The lowest BCUT2D eigenvalue weighted by Gasteiger charge is -2.11. The molecule has 0 aliphatic carbocycles. The van der Waals surface area contributed by atoms with E-state index in [1.165, 1.54) is 0 Å². The van der Waals surface area contributed by atoms with Gasteiger partial charge in [0, 0.05) is 10.9 Å². The first kappa shape index (κ1) is 14.1. The van der Waals surface area contributed by atoms with E-state index in [1.54, 1.807) is 18.2 Å². The van der Waals surface area contributed by atoms with Crippen molar-refractivity contribution in [3.8, 4) is 16.9 Å². The number of aryl methyl sites for hydroxylation is 1. The topological polar surface area (TPSA) is 50.4 Å². The molecule has 0 saturated heterocycles. The number of fused-ring (bicyclic) bond motifs is 1. The summed E-state index contributed by atoms with van der Waals surface area (Å²) in [6.07, 6.45) is 2.12. The first-order valence-corrected chi connectivity index (χ1v) is 7.08. The molecule has 3 heteroatoms. The fourth-order valence-corrected chi connectivity index (χ4v) is 2.74. The molecule has 0 bridgehead atoms. The molecule has 1 heterocycles. The van der Waals surface area contributed by atoms with Crippen LogP contribution in [0, 0.1) is 6.92 Å². The fraction of sp³-hybridized carbons (Fsp3) is 0.105. The second kappa shape index (κ2) is 5.53. The summed E-state index contributed by atoms with van der Waals surface area (Å²) in [4.78, 5) is 12.4. The van der Waals surface area contributed by atoms with E-state index in [0.717, 1.165) is 16.5 Å². The highest BCUT2D eigenvalue weighted by atomic mass is 16.4. The van der Waals surface area contributed by atoms with Gasteiger partial charge in [-0.15, -0.1) is 6.58 Å². The van der Waals surface area contributed by atoms with Gasteiger partial charge >= 0.3 is 5.63 Å². The quantitative estimate of drug-likeness (QED) is 0.581. The van der Waals surface area contributed by atoms with Gasteiger partial charge in [-0.05, 0) is 36.6 Å². The van der Waals surface area contributed by atoms with Crippen molar-refractivity contribution >= 4 is 11.0 Å².